The van der Waals surface area contributed by atoms with Crippen molar-refractivity contribution in [3.63, 3.8) is 0 Å². The molecule has 3 heterocycles. The van der Waals surface area contributed by atoms with E-state index in [9.17, 15) is 0 Å². The Morgan fingerprint density at radius 2 is 1.79 bits per heavy atom. The van der Waals surface area contributed by atoms with E-state index in [-0.39, 0.29) is 11.8 Å². The maximum Gasteiger partial charge on any atom is 0.252 e. The molecule has 0 saturated heterocycles. The van der Waals surface area contributed by atoms with Crippen molar-refractivity contribution in [2.24, 2.45) is 0 Å². The Balaban J connectivity index is 1.72. The maximum absolute atomic E-state index is 5.92. The molecule has 4 rings (SSSR count). The molecule has 1 aromatic carbocycles. The van der Waals surface area contributed by atoms with Crippen molar-refractivity contribution in [3.05, 3.63) is 53.6 Å². The van der Waals surface area contributed by atoms with E-state index in [0.717, 1.165) is 22.6 Å². The van der Waals surface area contributed by atoms with Crippen molar-refractivity contribution >= 4 is 22.8 Å². The van der Waals surface area contributed by atoms with E-state index in [1.807, 2.05) is 18.4 Å². The van der Waals surface area contributed by atoms with Crippen molar-refractivity contribution in [2.75, 3.05) is 18.6 Å². The third-order valence-corrected chi connectivity index (χ3v) is 4.61. The van der Waals surface area contributed by atoms with Gasteiger partial charge in [0, 0.05) is 23.0 Å². The van der Waals surface area contributed by atoms with Crippen LogP contribution in [-0.4, -0.2) is 31.6 Å². The monoisotopic (exact) mass is 391 g/mol. The summed E-state index contributed by atoms with van der Waals surface area (Å²) in [6.45, 7) is 4.40. The number of nitrogen functional groups attached to an aromatic ring is 2. The van der Waals surface area contributed by atoms with Gasteiger partial charge in [-0.25, -0.2) is 4.98 Å². The summed E-state index contributed by atoms with van der Waals surface area (Å²) >= 11 is 0. The first-order chi connectivity index (χ1) is 14.0. The van der Waals surface area contributed by atoms with E-state index in [2.05, 4.69) is 19.9 Å². The second-order valence-electron chi connectivity index (χ2n) is 6.65. The zero-order chi connectivity index (χ0) is 20.5. The van der Waals surface area contributed by atoms with Crippen LogP contribution in [0.5, 0.6) is 17.4 Å². The molecule has 148 valence electrons. The molecule has 0 amide bonds. The molecule has 4 aromatic rings. The van der Waals surface area contributed by atoms with Gasteiger partial charge in [-0.1, -0.05) is 0 Å². The number of hydrogen-bond acceptors (Lipinski definition) is 8. The lowest BCUT2D eigenvalue weighted by molar-refractivity contribution is 0.406. The van der Waals surface area contributed by atoms with Gasteiger partial charge in [0.1, 0.15) is 11.5 Å². The van der Waals surface area contributed by atoms with E-state index in [4.69, 9.17) is 20.9 Å². The number of fused-ring (bicyclic) bond motifs is 1. The Morgan fingerprint density at radius 1 is 1.03 bits per heavy atom. The van der Waals surface area contributed by atoms with Crippen LogP contribution in [0.15, 0.2) is 36.8 Å². The highest BCUT2D eigenvalue weighted by atomic mass is 16.5. The summed E-state index contributed by atoms with van der Waals surface area (Å²) in [6.07, 6.45) is 3.46. The Hall–Kier alpha value is -3.88. The van der Waals surface area contributed by atoms with Crippen LogP contribution in [0.25, 0.3) is 11.2 Å². The molecule has 9 heteroatoms. The minimum absolute atomic E-state index is 0.0934. The van der Waals surface area contributed by atoms with E-state index < -0.39 is 0 Å². The standard InChI is InChI=1S/C20H21N7O2/c1-11-8-23-15(12(2)17(11)28-3)9-27-10-24-16-18(27)25-20(22)26-19(16)29-14-6-4-13(21)5-7-14/h4-8,10H,9,21H2,1-3H3,(H2,22,25,26). The van der Waals surface area contributed by atoms with Gasteiger partial charge in [-0.2, -0.15) is 9.97 Å². The third kappa shape index (κ3) is 3.49. The van der Waals surface area contributed by atoms with Crippen molar-refractivity contribution < 1.29 is 9.47 Å². The molecule has 0 aliphatic rings. The van der Waals surface area contributed by atoms with E-state index in [0.29, 0.717) is 29.1 Å². The predicted molar refractivity (Wildman–Crippen MR) is 110 cm³/mol. The van der Waals surface area contributed by atoms with Crippen LogP contribution >= 0.6 is 0 Å². The number of anilines is 2. The summed E-state index contributed by atoms with van der Waals surface area (Å²) in [5.41, 5.74) is 16.2. The van der Waals surface area contributed by atoms with Crippen molar-refractivity contribution in [1.29, 1.82) is 0 Å². The number of hydrogen-bond donors (Lipinski definition) is 2. The van der Waals surface area contributed by atoms with Crippen molar-refractivity contribution in [3.8, 4) is 17.4 Å². The zero-order valence-electron chi connectivity index (χ0n) is 16.4. The molecule has 0 fully saturated rings. The predicted octanol–water partition coefficient (Wildman–Crippen LogP) is 2.85. The molecule has 9 nitrogen and oxygen atoms in total. The maximum atomic E-state index is 5.92. The van der Waals surface area contributed by atoms with Gasteiger partial charge in [-0.05, 0) is 38.1 Å². The smallest absolute Gasteiger partial charge is 0.252 e. The fraction of sp³-hybridized carbons (Fsp3) is 0.200. The Kier molecular flexibility index (Phi) is 4.63. The SMILES string of the molecule is COc1c(C)cnc(Cn2cnc3c(Oc4ccc(N)cc4)nc(N)nc32)c1C. The quantitative estimate of drug-likeness (QED) is 0.497. The Labute approximate surface area is 167 Å². The highest BCUT2D eigenvalue weighted by Crippen LogP contribution is 2.29. The van der Waals surface area contributed by atoms with E-state index in [1.165, 1.54) is 0 Å². The van der Waals surface area contributed by atoms with Crippen LogP contribution in [0.4, 0.5) is 11.6 Å². The van der Waals surface area contributed by atoms with Crippen LogP contribution in [0.3, 0.4) is 0 Å². The second-order valence-corrected chi connectivity index (χ2v) is 6.65. The molecule has 0 atom stereocenters. The molecular formula is C20H21N7O2. The first-order valence-corrected chi connectivity index (χ1v) is 8.97. The Morgan fingerprint density at radius 3 is 2.52 bits per heavy atom. The lowest BCUT2D eigenvalue weighted by atomic mass is 10.1. The van der Waals surface area contributed by atoms with Gasteiger partial charge < -0.3 is 25.5 Å². The van der Waals surface area contributed by atoms with Crippen LogP contribution < -0.4 is 20.9 Å². The largest absolute Gasteiger partial charge is 0.496 e. The first-order valence-electron chi connectivity index (χ1n) is 8.97. The molecule has 0 aliphatic heterocycles. The van der Waals surface area contributed by atoms with Crippen molar-refractivity contribution in [2.45, 2.75) is 20.4 Å². The number of methoxy groups -OCH3 is 1. The van der Waals surface area contributed by atoms with Gasteiger partial charge in [0.15, 0.2) is 11.2 Å². The van der Waals surface area contributed by atoms with Gasteiger partial charge in [0.05, 0.1) is 25.7 Å². The molecule has 0 aliphatic carbocycles. The van der Waals surface area contributed by atoms with Crippen LogP contribution in [0.2, 0.25) is 0 Å². The highest BCUT2D eigenvalue weighted by Gasteiger charge is 2.17. The summed E-state index contributed by atoms with van der Waals surface area (Å²) in [7, 11) is 1.65. The van der Waals surface area contributed by atoms with Gasteiger partial charge in [0.25, 0.3) is 5.88 Å². The van der Waals surface area contributed by atoms with Crippen molar-refractivity contribution in [1.82, 2.24) is 24.5 Å². The summed E-state index contributed by atoms with van der Waals surface area (Å²) in [5, 5.41) is 0. The first kappa shape index (κ1) is 18.5. The number of pyridine rings is 1. The lowest BCUT2D eigenvalue weighted by Crippen LogP contribution is -2.07. The molecule has 0 unspecified atom stereocenters. The average Bonchev–Trinajstić information content (AvgIpc) is 3.09. The topological polar surface area (TPSA) is 127 Å². The third-order valence-electron chi connectivity index (χ3n) is 4.61. The molecule has 29 heavy (non-hydrogen) atoms. The van der Waals surface area contributed by atoms with Gasteiger partial charge in [0.2, 0.25) is 5.95 Å². The van der Waals surface area contributed by atoms with E-state index in [1.54, 1.807) is 43.9 Å². The number of benzene rings is 1. The van der Waals surface area contributed by atoms with Gasteiger partial charge >= 0.3 is 0 Å². The lowest BCUT2D eigenvalue weighted by Gasteiger charge is -2.13. The number of imidazole rings is 1. The number of ether oxygens (including phenoxy) is 2. The van der Waals surface area contributed by atoms with Crippen LogP contribution in [0, 0.1) is 13.8 Å². The minimum atomic E-state index is 0.0934. The average molecular weight is 391 g/mol. The van der Waals surface area contributed by atoms with Crippen LogP contribution in [0.1, 0.15) is 16.8 Å². The number of nitrogens with two attached hydrogens (primary N) is 2. The summed E-state index contributed by atoms with van der Waals surface area (Å²) in [6, 6.07) is 6.99. The molecule has 0 bridgehead atoms. The number of aryl methyl sites for hydroxylation is 1. The molecular weight excluding hydrogens is 370 g/mol. The zero-order valence-corrected chi connectivity index (χ0v) is 16.4. The highest BCUT2D eigenvalue weighted by molar-refractivity contribution is 5.78. The number of nitrogens with zero attached hydrogens (tertiary/aromatic N) is 5. The van der Waals surface area contributed by atoms with Gasteiger partial charge in [-0.15, -0.1) is 0 Å². The summed E-state index contributed by atoms with van der Waals surface area (Å²) in [5.74, 6) is 1.77. The molecule has 0 spiro atoms. The molecule has 4 N–H and O–H groups in total. The second kappa shape index (κ2) is 7.27. The molecule has 0 saturated carbocycles. The van der Waals surface area contributed by atoms with Crippen LogP contribution in [-0.2, 0) is 6.54 Å². The molecule has 0 radical (unpaired) electrons. The fourth-order valence-electron chi connectivity index (χ4n) is 3.16. The normalized spacial score (nSPS) is 11.0. The molecule has 3 aromatic heterocycles. The number of rotatable bonds is 5. The van der Waals surface area contributed by atoms with Gasteiger partial charge in [-0.3, -0.25) is 4.98 Å². The summed E-state index contributed by atoms with van der Waals surface area (Å²) in [4.78, 5) is 17.5. The van der Waals surface area contributed by atoms with E-state index >= 15 is 0 Å². The summed E-state index contributed by atoms with van der Waals surface area (Å²) < 4.78 is 13.2. The Bertz CT molecular complexity index is 1190. The number of aromatic nitrogens is 5. The minimum Gasteiger partial charge on any atom is -0.496 e. The fourth-order valence-corrected chi connectivity index (χ4v) is 3.16.